The minimum absolute atomic E-state index is 0.446. The maximum absolute atomic E-state index is 11.9. The Hall–Kier alpha value is -2.12. The molecular weight excluding hydrogens is 246 g/mol. The largest absolute Gasteiger partial charge is 0.443 e. The van der Waals surface area contributed by atoms with Crippen molar-refractivity contribution in [1.29, 1.82) is 5.26 Å². The molecule has 0 amide bonds. The van der Waals surface area contributed by atoms with Crippen molar-refractivity contribution < 1.29 is 9.53 Å². The zero-order valence-electron chi connectivity index (χ0n) is 9.79. The Balaban J connectivity index is 2.29. The van der Waals surface area contributed by atoms with E-state index in [1.165, 1.54) is 11.3 Å². The average Bonchev–Trinajstić information content (AvgIpc) is 2.88. The van der Waals surface area contributed by atoms with Crippen molar-refractivity contribution in [2.24, 2.45) is 0 Å². The van der Waals surface area contributed by atoms with Crippen LogP contribution < -0.4 is 0 Å². The fourth-order valence-electron chi connectivity index (χ4n) is 1.55. The number of carbonyl (C=O) groups is 1. The number of benzene rings is 1. The van der Waals surface area contributed by atoms with E-state index in [1.807, 2.05) is 47.8 Å². The zero-order valence-corrected chi connectivity index (χ0v) is 10.6. The standard InChI is InChI=1S/C14H11NO2S/c1-10(9-15)17-14(16)13-12(7-8-18-13)11-5-3-2-4-6-11/h2-8,10H,1H3/t10-/m1/s1. The van der Waals surface area contributed by atoms with Crippen LogP contribution in [0.5, 0.6) is 0 Å². The molecule has 2 aromatic rings. The van der Waals surface area contributed by atoms with E-state index in [-0.39, 0.29) is 0 Å². The van der Waals surface area contributed by atoms with Gasteiger partial charge in [0, 0.05) is 5.56 Å². The smallest absolute Gasteiger partial charge is 0.350 e. The Kier molecular flexibility index (Phi) is 3.75. The van der Waals surface area contributed by atoms with Gasteiger partial charge in [-0.25, -0.2) is 4.79 Å². The molecule has 1 aromatic heterocycles. The van der Waals surface area contributed by atoms with Crippen LogP contribution >= 0.6 is 11.3 Å². The minimum atomic E-state index is -0.733. The fraction of sp³-hybridized carbons (Fsp3) is 0.143. The SMILES string of the molecule is C[C@H](C#N)OC(=O)c1sccc1-c1ccccc1. The Morgan fingerprint density at radius 3 is 2.72 bits per heavy atom. The molecule has 2 rings (SSSR count). The summed E-state index contributed by atoms with van der Waals surface area (Å²) in [6.07, 6.45) is -0.733. The number of carbonyl (C=O) groups excluding carboxylic acids is 1. The van der Waals surface area contributed by atoms with Crippen LogP contribution in [0.3, 0.4) is 0 Å². The molecule has 0 aliphatic rings. The predicted octanol–water partition coefficient (Wildman–Crippen LogP) is 3.48. The highest BCUT2D eigenvalue weighted by molar-refractivity contribution is 7.12. The minimum Gasteiger partial charge on any atom is -0.443 e. The molecular formula is C14H11NO2S. The molecule has 0 unspecified atom stereocenters. The second-order valence-electron chi connectivity index (χ2n) is 3.71. The van der Waals surface area contributed by atoms with Gasteiger partial charge >= 0.3 is 5.97 Å². The second-order valence-corrected chi connectivity index (χ2v) is 4.62. The lowest BCUT2D eigenvalue weighted by Crippen LogP contribution is -2.12. The Morgan fingerprint density at radius 2 is 2.06 bits per heavy atom. The van der Waals surface area contributed by atoms with E-state index in [4.69, 9.17) is 10.00 Å². The summed E-state index contributed by atoms with van der Waals surface area (Å²) in [5, 5.41) is 10.5. The van der Waals surface area contributed by atoms with Gasteiger partial charge in [0.25, 0.3) is 0 Å². The van der Waals surface area contributed by atoms with Crippen molar-refractivity contribution in [3.05, 3.63) is 46.7 Å². The molecule has 90 valence electrons. The normalized spacial score (nSPS) is 11.6. The first-order valence-corrected chi connectivity index (χ1v) is 6.34. The number of nitriles is 1. The van der Waals surface area contributed by atoms with E-state index >= 15 is 0 Å². The van der Waals surface area contributed by atoms with Gasteiger partial charge in [0.05, 0.1) is 0 Å². The molecule has 0 saturated heterocycles. The Labute approximate surface area is 109 Å². The lowest BCUT2D eigenvalue weighted by Gasteiger charge is -2.06. The number of ether oxygens (including phenoxy) is 1. The quantitative estimate of drug-likeness (QED) is 0.791. The summed E-state index contributed by atoms with van der Waals surface area (Å²) < 4.78 is 5.02. The van der Waals surface area contributed by atoms with Crippen molar-refractivity contribution in [1.82, 2.24) is 0 Å². The lowest BCUT2D eigenvalue weighted by atomic mass is 10.1. The van der Waals surface area contributed by atoms with Crippen LogP contribution in [-0.4, -0.2) is 12.1 Å². The highest BCUT2D eigenvalue weighted by Crippen LogP contribution is 2.28. The van der Waals surface area contributed by atoms with Crippen molar-refractivity contribution in [3.8, 4) is 17.2 Å². The Morgan fingerprint density at radius 1 is 1.33 bits per heavy atom. The number of rotatable bonds is 3. The van der Waals surface area contributed by atoms with E-state index in [2.05, 4.69) is 0 Å². The molecule has 0 saturated carbocycles. The Bertz CT molecular complexity index is 583. The summed E-state index contributed by atoms with van der Waals surface area (Å²) in [7, 11) is 0. The summed E-state index contributed by atoms with van der Waals surface area (Å²) in [6.45, 7) is 1.55. The first kappa shape index (κ1) is 12.3. The van der Waals surface area contributed by atoms with Gasteiger partial charge < -0.3 is 4.74 Å². The van der Waals surface area contributed by atoms with Crippen LogP contribution in [0.2, 0.25) is 0 Å². The average molecular weight is 257 g/mol. The summed E-state index contributed by atoms with van der Waals surface area (Å²) in [4.78, 5) is 12.4. The van der Waals surface area contributed by atoms with Crippen LogP contribution in [0.25, 0.3) is 11.1 Å². The van der Waals surface area contributed by atoms with E-state index in [9.17, 15) is 4.79 Å². The maximum atomic E-state index is 11.9. The molecule has 1 heterocycles. The van der Waals surface area contributed by atoms with Gasteiger partial charge in [-0.3, -0.25) is 0 Å². The third kappa shape index (κ3) is 2.58. The molecule has 0 spiro atoms. The maximum Gasteiger partial charge on any atom is 0.350 e. The van der Waals surface area contributed by atoms with E-state index in [1.54, 1.807) is 6.92 Å². The number of thiophene rings is 1. The molecule has 1 aromatic carbocycles. The summed E-state index contributed by atoms with van der Waals surface area (Å²) >= 11 is 1.32. The van der Waals surface area contributed by atoms with Crippen molar-refractivity contribution in [3.63, 3.8) is 0 Å². The molecule has 1 atom stereocenters. The van der Waals surface area contributed by atoms with Crippen LogP contribution in [0.15, 0.2) is 41.8 Å². The van der Waals surface area contributed by atoms with Crippen LogP contribution in [0.4, 0.5) is 0 Å². The van der Waals surface area contributed by atoms with Crippen LogP contribution in [-0.2, 0) is 4.74 Å². The molecule has 0 aliphatic heterocycles. The number of nitrogens with zero attached hydrogens (tertiary/aromatic N) is 1. The molecule has 0 aliphatic carbocycles. The van der Waals surface area contributed by atoms with Crippen molar-refractivity contribution in [2.75, 3.05) is 0 Å². The highest BCUT2D eigenvalue weighted by atomic mass is 32.1. The molecule has 0 N–H and O–H groups in total. The molecule has 18 heavy (non-hydrogen) atoms. The molecule has 0 fully saturated rings. The first-order chi connectivity index (χ1) is 8.72. The topological polar surface area (TPSA) is 50.1 Å². The van der Waals surface area contributed by atoms with Crippen molar-refractivity contribution >= 4 is 17.3 Å². The van der Waals surface area contributed by atoms with Gasteiger partial charge in [-0.05, 0) is 23.9 Å². The first-order valence-electron chi connectivity index (χ1n) is 5.46. The van der Waals surface area contributed by atoms with Gasteiger partial charge in [-0.2, -0.15) is 5.26 Å². The number of hydrogen-bond acceptors (Lipinski definition) is 4. The van der Waals surface area contributed by atoms with Gasteiger partial charge in [0.15, 0.2) is 6.10 Å². The van der Waals surface area contributed by atoms with E-state index < -0.39 is 12.1 Å². The third-order valence-electron chi connectivity index (χ3n) is 2.40. The number of esters is 1. The summed E-state index contributed by atoms with van der Waals surface area (Å²) in [5.74, 6) is -0.446. The van der Waals surface area contributed by atoms with Crippen molar-refractivity contribution in [2.45, 2.75) is 13.0 Å². The summed E-state index contributed by atoms with van der Waals surface area (Å²) in [6, 6.07) is 13.4. The number of hydrogen-bond donors (Lipinski definition) is 0. The van der Waals surface area contributed by atoms with Gasteiger partial charge in [-0.15, -0.1) is 11.3 Å². The van der Waals surface area contributed by atoms with Crippen LogP contribution in [0, 0.1) is 11.3 Å². The fourth-order valence-corrected chi connectivity index (χ4v) is 2.35. The molecule has 3 nitrogen and oxygen atoms in total. The predicted molar refractivity (Wildman–Crippen MR) is 70.2 cm³/mol. The van der Waals surface area contributed by atoms with Gasteiger partial charge in [-0.1, -0.05) is 30.3 Å². The van der Waals surface area contributed by atoms with Gasteiger partial charge in [0.2, 0.25) is 0 Å². The monoisotopic (exact) mass is 257 g/mol. The van der Waals surface area contributed by atoms with E-state index in [0.29, 0.717) is 4.88 Å². The highest BCUT2D eigenvalue weighted by Gasteiger charge is 2.17. The molecule has 0 bridgehead atoms. The van der Waals surface area contributed by atoms with Crippen LogP contribution in [0.1, 0.15) is 16.6 Å². The lowest BCUT2D eigenvalue weighted by molar-refractivity contribution is 0.0442. The van der Waals surface area contributed by atoms with E-state index in [0.717, 1.165) is 11.1 Å². The summed E-state index contributed by atoms with van der Waals surface area (Å²) in [5.41, 5.74) is 1.81. The molecule has 0 radical (unpaired) electrons. The molecule has 4 heteroatoms. The second kappa shape index (κ2) is 5.48. The van der Waals surface area contributed by atoms with Gasteiger partial charge in [0.1, 0.15) is 10.9 Å². The third-order valence-corrected chi connectivity index (χ3v) is 3.30. The zero-order chi connectivity index (χ0) is 13.0.